The van der Waals surface area contributed by atoms with E-state index >= 15 is 0 Å². The summed E-state index contributed by atoms with van der Waals surface area (Å²) in [6, 6.07) is 6.87. The summed E-state index contributed by atoms with van der Waals surface area (Å²) >= 11 is 0. The lowest BCUT2D eigenvalue weighted by Crippen LogP contribution is -2.48. The smallest absolute Gasteiger partial charge is 0.325 e. The fraction of sp³-hybridized carbons (Fsp3) is 0.526. The number of nitrogens with one attached hydrogen (secondary N) is 1. The van der Waals surface area contributed by atoms with Crippen LogP contribution in [0.3, 0.4) is 0 Å². The van der Waals surface area contributed by atoms with Crippen LogP contribution in [0.1, 0.15) is 19.8 Å². The van der Waals surface area contributed by atoms with Gasteiger partial charge in [-0.3, -0.25) is 14.5 Å². The summed E-state index contributed by atoms with van der Waals surface area (Å²) in [4.78, 5) is 39.9. The highest BCUT2D eigenvalue weighted by Crippen LogP contribution is 2.42. The van der Waals surface area contributed by atoms with Gasteiger partial charge in [0.15, 0.2) is 17.6 Å². The van der Waals surface area contributed by atoms with E-state index in [1.54, 1.807) is 14.0 Å². The second kappa shape index (κ2) is 6.44. The monoisotopic (exact) mass is 373 g/mol. The fourth-order valence-corrected chi connectivity index (χ4v) is 3.61. The normalized spacial score (nSPS) is 26.7. The Morgan fingerprint density at radius 1 is 1.30 bits per heavy atom. The Morgan fingerprint density at radius 3 is 2.70 bits per heavy atom. The molecule has 1 saturated heterocycles. The molecule has 1 aromatic rings. The first-order valence-corrected chi connectivity index (χ1v) is 9.15. The number of hydrogen-bond acceptors (Lipinski definition) is 5. The van der Waals surface area contributed by atoms with Gasteiger partial charge in [-0.25, -0.2) is 4.79 Å². The Labute approximate surface area is 157 Å². The predicted octanol–water partition coefficient (Wildman–Crippen LogP) is 1.01. The van der Waals surface area contributed by atoms with Crippen LogP contribution in [0, 0.1) is 5.92 Å². The van der Waals surface area contributed by atoms with Crippen LogP contribution in [0.2, 0.25) is 0 Å². The van der Waals surface area contributed by atoms with Crippen molar-refractivity contribution < 1.29 is 23.9 Å². The number of carbonyl (C=O) groups excluding carboxylic acids is 3. The average molecular weight is 373 g/mol. The van der Waals surface area contributed by atoms with Gasteiger partial charge < -0.3 is 19.7 Å². The van der Waals surface area contributed by atoms with E-state index in [0.717, 1.165) is 17.7 Å². The largest absolute Gasteiger partial charge is 0.486 e. The Balaban J connectivity index is 1.35. The molecular formula is C19H23N3O5. The molecule has 2 aliphatic heterocycles. The van der Waals surface area contributed by atoms with E-state index in [4.69, 9.17) is 9.47 Å². The van der Waals surface area contributed by atoms with Gasteiger partial charge in [-0.2, -0.15) is 0 Å². The van der Waals surface area contributed by atoms with Crippen molar-refractivity contribution >= 4 is 17.8 Å². The predicted molar refractivity (Wildman–Crippen MR) is 95.4 cm³/mol. The van der Waals surface area contributed by atoms with Crippen LogP contribution >= 0.6 is 0 Å². The number of urea groups is 1. The number of nitrogens with zero attached hydrogens (tertiary/aromatic N) is 2. The van der Waals surface area contributed by atoms with Crippen molar-refractivity contribution in [2.75, 3.05) is 26.7 Å². The zero-order chi connectivity index (χ0) is 19.2. The number of amides is 4. The first-order chi connectivity index (χ1) is 12.9. The van der Waals surface area contributed by atoms with Gasteiger partial charge >= 0.3 is 6.03 Å². The fourth-order valence-electron chi connectivity index (χ4n) is 3.61. The van der Waals surface area contributed by atoms with Crippen molar-refractivity contribution in [3.8, 4) is 11.5 Å². The van der Waals surface area contributed by atoms with E-state index in [9.17, 15) is 14.4 Å². The van der Waals surface area contributed by atoms with Crippen molar-refractivity contribution in [2.24, 2.45) is 5.92 Å². The molecule has 1 saturated carbocycles. The number of hydrogen-bond donors (Lipinski definition) is 1. The summed E-state index contributed by atoms with van der Waals surface area (Å²) < 4.78 is 11.5. The molecule has 27 heavy (non-hydrogen) atoms. The van der Waals surface area contributed by atoms with Gasteiger partial charge in [0.2, 0.25) is 5.91 Å². The first-order valence-electron chi connectivity index (χ1n) is 9.15. The van der Waals surface area contributed by atoms with Gasteiger partial charge in [0.25, 0.3) is 5.91 Å². The van der Waals surface area contributed by atoms with Crippen molar-refractivity contribution in [1.29, 1.82) is 0 Å². The van der Waals surface area contributed by atoms with Gasteiger partial charge in [0.1, 0.15) is 18.7 Å². The number of fused-ring (bicyclic) bond motifs is 1. The Hall–Kier alpha value is -2.77. The lowest BCUT2D eigenvalue weighted by molar-refractivity contribution is -0.139. The van der Waals surface area contributed by atoms with Gasteiger partial charge in [-0.05, 0) is 37.8 Å². The number of ether oxygens (including phenoxy) is 2. The maximum absolute atomic E-state index is 12.6. The maximum Gasteiger partial charge on any atom is 0.325 e. The minimum Gasteiger partial charge on any atom is -0.486 e. The van der Waals surface area contributed by atoms with Gasteiger partial charge in [0.05, 0.1) is 6.54 Å². The minimum atomic E-state index is -0.875. The lowest BCUT2D eigenvalue weighted by Gasteiger charge is -2.30. The molecule has 144 valence electrons. The van der Waals surface area contributed by atoms with E-state index < -0.39 is 11.6 Å². The van der Waals surface area contributed by atoms with Gasteiger partial charge in [-0.1, -0.05) is 12.1 Å². The minimum absolute atomic E-state index is 0.166. The van der Waals surface area contributed by atoms with Crippen molar-refractivity contribution in [3.63, 3.8) is 0 Å². The SMILES string of the molecule is CN(CC1COc2ccccc2O1)C(=O)CN1C(=O)NC(C)(C2CC2)C1=O. The summed E-state index contributed by atoms with van der Waals surface area (Å²) in [5.41, 5.74) is -0.875. The number of rotatable bonds is 5. The molecule has 1 aromatic carbocycles. The molecule has 2 atom stereocenters. The third kappa shape index (κ3) is 3.20. The summed E-state index contributed by atoms with van der Waals surface area (Å²) in [5.74, 6) is 0.855. The van der Waals surface area contributed by atoms with Crippen LogP contribution in [-0.4, -0.2) is 66.0 Å². The first kappa shape index (κ1) is 17.6. The Kier molecular flexibility index (Phi) is 4.20. The van der Waals surface area contributed by atoms with Gasteiger partial charge in [0, 0.05) is 7.05 Å². The van der Waals surface area contributed by atoms with Crippen molar-refractivity contribution in [2.45, 2.75) is 31.4 Å². The molecule has 0 spiro atoms. The molecule has 2 fully saturated rings. The van der Waals surface area contributed by atoms with E-state index in [1.165, 1.54) is 4.90 Å². The summed E-state index contributed by atoms with van der Waals surface area (Å²) in [6.45, 7) is 2.10. The Morgan fingerprint density at radius 2 is 2.00 bits per heavy atom. The molecule has 4 rings (SSSR count). The van der Waals surface area contributed by atoms with E-state index in [1.807, 2.05) is 24.3 Å². The molecule has 0 aromatic heterocycles. The lowest BCUT2D eigenvalue weighted by atomic mass is 9.96. The van der Waals surface area contributed by atoms with Crippen LogP contribution in [-0.2, 0) is 9.59 Å². The molecule has 4 amide bonds. The maximum atomic E-state index is 12.6. The van der Waals surface area contributed by atoms with Crippen LogP contribution in [0.15, 0.2) is 24.3 Å². The summed E-state index contributed by atoms with van der Waals surface area (Å²) in [6.07, 6.45) is 1.53. The van der Waals surface area contributed by atoms with Crippen LogP contribution in [0.5, 0.6) is 11.5 Å². The van der Waals surface area contributed by atoms with Gasteiger partial charge in [-0.15, -0.1) is 0 Å². The average Bonchev–Trinajstić information content (AvgIpc) is 3.47. The second-order valence-corrected chi connectivity index (χ2v) is 7.57. The van der Waals surface area contributed by atoms with Crippen LogP contribution in [0.4, 0.5) is 4.79 Å². The zero-order valence-corrected chi connectivity index (χ0v) is 15.4. The topological polar surface area (TPSA) is 88.2 Å². The molecule has 8 nitrogen and oxygen atoms in total. The van der Waals surface area contributed by atoms with E-state index in [-0.39, 0.29) is 30.4 Å². The van der Waals surface area contributed by atoms with Crippen molar-refractivity contribution in [3.05, 3.63) is 24.3 Å². The number of para-hydroxylation sites is 2. The second-order valence-electron chi connectivity index (χ2n) is 7.57. The Bertz CT molecular complexity index is 793. The molecular weight excluding hydrogens is 350 g/mol. The number of carbonyl (C=O) groups is 3. The molecule has 2 unspecified atom stereocenters. The zero-order valence-electron chi connectivity index (χ0n) is 15.4. The van der Waals surface area contributed by atoms with E-state index in [2.05, 4.69) is 5.32 Å². The van der Waals surface area contributed by atoms with Crippen molar-refractivity contribution in [1.82, 2.24) is 15.1 Å². The highest BCUT2D eigenvalue weighted by atomic mass is 16.6. The number of likely N-dealkylation sites (N-methyl/N-ethyl adjacent to an activating group) is 1. The molecule has 1 aliphatic carbocycles. The molecule has 8 heteroatoms. The van der Waals surface area contributed by atoms with Crippen LogP contribution < -0.4 is 14.8 Å². The summed E-state index contributed by atoms with van der Waals surface area (Å²) in [7, 11) is 1.63. The van der Waals surface area contributed by atoms with Crippen LogP contribution in [0.25, 0.3) is 0 Å². The number of imide groups is 1. The third-order valence-corrected chi connectivity index (χ3v) is 5.46. The highest BCUT2D eigenvalue weighted by molar-refractivity contribution is 6.09. The summed E-state index contributed by atoms with van der Waals surface area (Å²) in [5, 5.41) is 2.75. The quantitative estimate of drug-likeness (QED) is 0.778. The molecule has 1 N–H and O–H groups in total. The third-order valence-electron chi connectivity index (χ3n) is 5.46. The van der Waals surface area contributed by atoms with E-state index in [0.29, 0.717) is 24.7 Å². The molecule has 0 bridgehead atoms. The number of benzene rings is 1. The molecule has 2 heterocycles. The molecule has 3 aliphatic rings. The molecule has 0 radical (unpaired) electrons. The standard InChI is InChI=1S/C19H23N3O5/c1-19(12-7-8-12)17(24)22(18(25)20-19)10-16(23)21(2)9-13-11-26-14-5-3-4-6-15(14)27-13/h3-6,12-13H,7-11H2,1-2H3,(H,20,25). The highest BCUT2D eigenvalue weighted by Gasteiger charge is 2.56.